The third-order valence-electron chi connectivity index (χ3n) is 4.85. The molecule has 1 fully saturated rings. The van der Waals surface area contributed by atoms with E-state index in [2.05, 4.69) is 44.3 Å². The Morgan fingerprint density at radius 2 is 1.82 bits per heavy atom. The minimum absolute atomic E-state index is 0.557. The fourth-order valence-corrected chi connectivity index (χ4v) is 4.28. The molecule has 1 atom stereocenters. The number of piperazine rings is 1. The molecule has 116 valence electrons. The van der Waals surface area contributed by atoms with Gasteiger partial charge >= 0.3 is 0 Å². The van der Waals surface area contributed by atoms with Gasteiger partial charge in [-0.05, 0) is 30.4 Å². The fraction of sp³-hybridized carbons (Fsp3) is 0.500. The minimum atomic E-state index is 0.557. The molecule has 0 saturated carbocycles. The number of hydrogen-bond acceptors (Lipinski definition) is 6. The van der Waals surface area contributed by atoms with Crippen molar-refractivity contribution in [3.05, 3.63) is 35.4 Å². The van der Waals surface area contributed by atoms with Crippen molar-refractivity contribution >= 4 is 21.6 Å². The van der Waals surface area contributed by atoms with E-state index in [1.807, 2.05) is 0 Å². The first kappa shape index (κ1) is 14.0. The van der Waals surface area contributed by atoms with E-state index in [0.29, 0.717) is 11.2 Å². The summed E-state index contributed by atoms with van der Waals surface area (Å²) in [5, 5.41) is 9.60. The fourth-order valence-electron chi connectivity index (χ4n) is 3.62. The van der Waals surface area contributed by atoms with Crippen LogP contribution in [0, 0.1) is 0 Å². The summed E-state index contributed by atoms with van der Waals surface area (Å²) in [5.74, 6) is 0. The Labute approximate surface area is 134 Å². The molecule has 22 heavy (non-hydrogen) atoms. The van der Waals surface area contributed by atoms with Gasteiger partial charge < -0.3 is 10.6 Å². The van der Waals surface area contributed by atoms with Gasteiger partial charge in [-0.1, -0.05) is 35.6 Å². The lowest BCUT2D eigenvalue weighted by Crippen LogP contribution is -2.51. The quantitative estimate of drug-likeness (QED) is 0.916. The summed E-state index contributed by atoms with van der Waals surface area (Å²) in [5.41, 5.74) is 8.77. The Bertz CT molecular complexity index is 647. The monoisotopic (exact) mass is 315 g/mol. The molecule has 0 radical (unpaired) electrons. The van der Waals surface area contributed by atoms with Crippen LogP contribution < -0.4 is 10.6 Å². The molecule has 0 spiro atoms. The second kappa shape index (κ2) is 5.85. The summed E-state index contributed by atoms with van der Waals surface area (Å²) in [6.07, 6.45) is 3.69. The summed E-state index contributed by atoms with van der Waals surface area (Å²) in [7, 11) is 0. The molecule has 2 aromatic rings. The van der Waals surface area contributed by atoms with Gasteiger partial charge in [-0.2, -0.15) is 0 Å². The molecular weight excluding hydrogens is 294 g/mol. The summed E-state index contributed by atoms with van der Waals surface area (Å²) >= 11 is 1.48. The van der Waals surface area contributed by atoms with Crippen LogP contribution >= 0.6 is 11.3 Å². The number of hydrogen-bond donors (Lipinski definition) is 1. The van der Waals surface area contributed by atoms with Gasteiger partial charge in [0.15, 0.2) is 0 Å². The van der Waals surface area contributed by atoms with Crippen LogP contribution in [-0.4, -0.2) is 47.3 Å². The van der Waals surface area contributed by atoms with Gasteiger partial charge in [-0.25, -0.2) is 0 Å². The molecule has 1 aliphatic heterocycles. The highest BCUT2D eigenvalue weighted by Gasteiger charge is 2.28. The molecule has 2 N–H and O–H groups in total. The van der Waals surface area contributed by atoms with E-state index in [0.717, 1.165) is 31.3 Å². The normalized spacial score (nSPS) is 22.5. The second-order valence-electron chi connectivity index (χ2n) is 6.11. The van der Waals surface area contributed by atoms with Crippen molar-refractivity contribution in [1.82, 2.24) is 15.1 Å². The van der Waals surface area contributed by atoms with E-state index in [1.54, 1.807) is 5.56 Å². The number of rotatable bonds is 2. The zero-order valence-corrected chi connectivity index (χ0v) is 13.4. The first-order valence-corrected chi connectivity index (χ1v) is 8.76. The maximum absolute atomic E-state index is 5.68. The Morgan fingerprint density at radius 3 is 2.55 bits per heavy atom. The van der Waals surface area contributed by atoms with Crippen LogP contribution in [0.1, 0.15) is 17.5 Å². The average Bonchev–Trinajstić information content (AvgIpc) is 3.01. The summed E-state index contributed by atoms with van der Waals surface area (Å²) < 4.78 is 0. The van der Waals surface area contributed by atoms with Gasteiger partial charge in [0, 0.05) is 32.2 Å². The zero-order chi connectivity index (χ0) is 14.9. The topological polar surface area (TPSA) is 58.3 Å². The molecule has 5 nitrogen and oxygen atoms in total. The molecule has 1 aliphatic carbocycles. The summed E-state index contributed by atoms with van der Waals surface area (Å²) in [6, 6.07) is 9.59. The third-order valence-corrected chi connectivity index (χ3v) is 5.67. The first-order valence-electron chi connectivity index (χ1n) is 7.94. The third kappa shape index (κ3) is 2.68. The van der Waals surface area contributed by atoms with Gasteiger partial charge in [-0.3, -0.25) is 4.90 Å². The van der Waals surface area contributed by atoms with E-state index >= 15 is 0 Å². The summed E-state index contributed by atoms with van der Waals surface area (Å²) in [4.78, 5) is 4.96. The Morgan fingerprint density at radius 1 is 1.05 bits per heavy atom. The number of anilines is 2. The maximum Gasteiger partial charge on any atom is 0.210 e. The largest absolute Gasteiger partial charge is 0.374 e. The van der Waals surface area contributed by atoms with E-state index < -0.39 is 0 Å². The molecule has 6 heteroatoms. The Balaban J connectivity index is 1.38. The van der Waals surface area contributed by atoms with Crippen LogP contribution in [0.5, 0.6) is 0 Å². The highest BCUT2D eigenvalue weighted by molar-refractivity contribution is 7.18. The molecule has 4 rings (SSSR count). The van der Waals surface area contributed by atoms with Crippen LogP contribution in [0.3, 0.4) is 0 Å². The lowest BCUT2D eigenvalue weighted by Gasteiger charge is -2.40. The van der Waals surface area contributed by atoms with Crippen molar-refractivity contribution in [3.63, 3.8) is 0 Å². The average molecular weight is 315 g/mol. The van der Waals surface area contributed by atoms with Gasteiger partial charge in [0.1, 0.15) is 0 Å². The molecule has 1 aromatic carbocycles. The van der Waals surface area contributed by atoms with E-state index in [9.17, 15) is 0 Å². The highest BCUT2D eigenvalue weighted by atomic mass is 32.1. The second-order valence-corrected chi connectivity index (χ2v) is 7.10. The first-order chi connectivity index (χ1) is 10.8. The van der Waals surface area contributed by atoms with Gasteiger partial charge in [0.05, 0.1) is 0 Å². The van der Waals surface area contributed by atoms with Crippen molar-refractivity contribution < 1.29 is 0 Å². The number of nitrogen functional groups attached to an aromatic ring is 1. The molecular formula is C16H21N5S. The molecule has 1 unspecified atom stereocenters. The van der Waals surface area contributed by atoms with Crippen LogP contribution in [-0.2, 0) is 12.8 Å². The number of nitrogens with zero attached hydrogens (tertiary/aromatic N) is 4. The number of fused-ring (bicyclic) bond motifs is 1. The lowest BCUT2D eigenvalue weighted by molar-refractivity contribution is 0.170. The molecule has 2 aliphatic rings. The van der Waals surface area contributed by atoms with Gasteiger partial charge in [0.25, 0.3) is 0 Å². The van der Waals surface area contributed by atoms with Gasteiger partial charge in [-0.15, -0.1) is 10.2 Å². The maximum atomic E-state index is 5.68. The number of benzene rings is 1. The van der Waals surface area contributed by atoms with Crippen LogP contribution in [0.15, 0.2) is 24.3 Å². The molecule has 1 aromatic heterocycles. The van der Waals surface area contributed by atoms with Crippen molar-refractivity contribution in [3.8, 4) is 0 Å². The van der Waals surface area contributed by atoms with Crippen LogP contribution in [0.4, 0.5) is 10.3 Å². The highest BCUT2D eigenvalue weighted by Crippen LogP contribution is 2.27. The number of nitrogens with two attached hydrogens (primary N) is 1. The molecule has 1 saturated heterocycles. The molecule has 2 heterocycles. The van der Waals surface area contributed by atoms with E-state index in [4.69, 9.17) is 5.73 Å². The SMILES string of the molecule is Nc1nnc(N2CCN(C3CCc4ccccc4C3)CC2)s1. The summed E-state index contributed by atoms with van der Waals surface area (Å²) in [6.45, 7) is 4.25. The van der Waals surface area contributed by atoms with Gasteiger partial charge in [0.2, 0.25) is 10.3 Å². The predicted molar refractivity (Wildman–Crippen MR) is 90.4 cm³/mol. The van der Waals surface area contributed by atoms with Crippen LogP contribution in [0.25, 0.3) is 0 Å². The molecule has 0 bridgehead atoms. The predicted octanol–water partition coefficient (Wildman–Crippen LogP) is 1.80. The number of aryl methyl sites for hydroxylation is 1. The van der Waals surface area contributed by atoms with Crippen molar-refractivity contribution in [2.45, 2.75) is 25.3 Å². The number of aromatic nitrogens is 2. The van der Waals surface area contributed by atoms with Crippen molar-refractivity contribution in [1.29, 1.82) is 0 Å². The van der Waals surface area contributed by atoms with Crippen molar-refractivity contribution in [2.24, 2.45) is 0 Å². The minimum Gasteiger partial charge on any atom is -0.374 e. The zero-order valence-electron chi connectivity index (χ0n) is 12.6. The molecule has 0 amide bonds. The van der Waals surface area contributed by atoms with E-state index in [-0.39, 0.29) is 0 Å². The lowest BCUT2D eigenvalue weighted by atomic mass is 9.87. The van der Waals surface area contributed by atoms with Crippen molar-refractivity contribution in [2.75, 3.05) is 36.8 Å². The Kier molecular flexibility index (Phi) is 3.72. The standard InChI is InChI=1S/C16H21N5S/c17-15-18-19-16(22-15)21-9-7-20(8-10-21)14-6-5-12-3-1-2-4-13(12)11-14/h1-4,14H,5-11H2,(H2,17,18). The van der Waals surface area contributed by atoms with E-state index in [1.165, 1.54) is 36.2 Å². The Hall–Kier alpha value is -1.66. The van der Waals surface area contributed by atoms with Crippen LogP contribution in [0.2, 0.25) is 0 Å². The smallest absolute Gasteiger partial charge is 0.210 e.